The van der Waals surface area contributed by atoms with E-state index in [1.165, 1.54) is 24.7 Å². The Morgan fingerprint density at radius 2 is 1.70 bits per heavy atom. The first kappa shape index (κ1) is 23.9. The summed E-state index contributed by atoms with van der Waals surface area (Å²) in [4.78, 5) is 33.2. The van der Waals surface area contributed by atoms with Gasteiger partial charge in [-0.1, -0.05) is 34.8 Å². The van der Waals surface area contributed by atoms with E-state index in [4.69, 9.17) is 58.0 Å². The minimum absolute atomic E-state index is 0.132. The SMILES string of the molecule is O=C(NNc1ccncn1)c1cc(NC(=O)[C@H]2[C@H](c3cc(Cl)cc(Cl)c3)C2(Cl)Cl)ccc1Cl. The van der Waals surface area contributed by atoms with E-state index in [-0.39, 0.29) is 10.6 Å². The highest BCUT2D eigenvalue weighted by molar-refractivity contribution is 6.53. The summed E-state index contributed by atoms with van der Waals surface area (Å²) < 4.78 is -1.33. The van der Waals surface area contributed by atoms with Crippen molar-refractivity contribution >= 4 is 81.3 Å². The van der Waals surface area contributed by atoms with Gasteiger partial charge < -0.3 is 5.32 Å². The minimum atomic E-state index is -1.33. The molecule has 0 unspecified atom stereocenters. The highest BCUT2D eigenvalue weighted by Crippen LogP contribution is 2.65. The summed E-state index contributed by atoms with van der Waals surface area (Å²) in [7, 11) is 0. The zero-order valence-corrected chi connectivity index (χ0v) is 20.2. The molecule has 1 saturated carbocycles. The van der Waals surface area contributed by atoms with E-state index in [1.54, 1.807) is 30.3 Å². The smallest absolute Gasteiger partial charge is 0.271 e. The van der Waals surface area contributed by atoms with Gasteiger partial charge in [0.15, 0.2) is 0 Å². The number of carbonyl (C=O) groups is 2. The normalized spacial score (nSPS) is 18.3. The summed E-state index contributed by atoms with van der Waals surface area (Å²) in [6, 6.07) is 11.0. The van der Waals surface area contributed by atoms with Gasteiger partial charge >= 0.3 is 0 Å². The van der Waals surface area contributed by atoms with Crippen LogP contribution >= 0.6 is 58.0 Å². The van der Waals surface area contributed by atoms with Crippen molar-refractivity contribution in [2.75, 3.05) is 10.7 Å². The molecule has 1 aliphatic rings. The second kappa shape index (κ2) is 9.52. The Morgan fingerprint density at radius 3 is 2.36 bits per heavy atom. The summed E-state index contributed by atoms with van der Waals surface area (Å²) in [6.07, 6.45) is 2.84. The van der Waals surface area contributed by atoms with Gasteiger partial charge in [-0.2, -0.15) is 0 Å². The highest BCUT2D eigenvalue weighted by atomic mass is 35.5. The molecule has 1 fully saturated rings. The molecular formula is C21H14Cl5N5O2. The van der Waals surface area contributed by atoms with Gasteiger partial charge in [-0.05, 0) is 42.0 Å². The molecule has 0 bridgehead atoms. The zero-order valence-electron chi connectivity index (χ0n) is 16.5. The van der Waals surface area contributed by atoms with Crippen LogP contribution in [0.5, 0.6) is 0 Å². The first-order valence-corrected chi connectivity index (χ1v) is 11.3. The third-order valence-corrected chi connectivity index (χ3v) is 6.65. The third-order valence-electron chi connectivity index (χ3n) is 4.94. The number of hydrazine groups is 1. The van der Waals surface area contributed by atoms with Crippen molar-refractivity contribution < 1.29 is 9.59 Å². The predicted molar refractivity (Wildman–Crippen MR) is 130 cm³/mol. The molecule has 2 aromatic carbocycles. The molecule has 1 aromatic heterocycles. The van der Waals surface area contributed by atoms with Crippen LogP contribution in [-0.2, 0) is 4.79 Å². The fraction of sp³-hybridized carbons (Fsp3) is 0.143. The van der Waals surface area contributed by atoms with E-state index in [0.717, 1.165) is 0 Å². The van der Waals surface area contributed by atoms with Gasteiger partial charge in [0.05, 0.1) is 16.5 Å². The van der Waals surface area contributed by atoms with Crippen LogP contribution in [0.1, 0.15) is 21.8 Å². The summed E-state index contributed by atoms with van der Waals surface area (Å²) in [6.45, 7) is 0. The molecule has 170 valence electrons. The number of carbonyl (C=O) groups excluding carboxylic acids is 2. The minimum Gasteiger partial charge on any atom is -0.326 e. The third kappa shape index (κ3) is 5.28. The van der Waals surface area contributed by atoms with Gasteiger partial charge in [0.2, 0.25) is 5.91 Å². The Labute approximate surface area is 213 Å². The Hall–Kier alpha value is -2.29. The molecule has 4 rings (SSSR count). The monoisotopic (exact) mass is 543 g/mol. The Morgan fingerprint density at radius 1 is 0.970 bits per heavy atom. The number of rotatable bonds is 6. The number of hydrogen-bond acceptors (Lipinski definition) is 5. The quantitative estimate of drug-likeness (QED) is 0.272. The first-order chi connectivity index (χ1) is 15.7. The van der Waals surface area contributed by atoms with Gasteiger partial charge in [-0.3, -0.25) is 20.4 Å². The Balaban J connectivity index is 1.46. The average molecular weight is 546 g/mol. The fourth-order valence-corrected chi connectivity index (χ4v) is 4.95. The van der Waals surface area contributed by atoms with Crippen molar-refractivity contribution in [2.24, 2.45) is 5.92 Å². The molecule has 12 heteroatoms. The second-order valence-corrected chi connectivity index (χ2v) is 9.91. The molecule has 0 aliphatic heterocycles. The maximum atomic E-state index is 12.9. The molecule has 3 aromatic rings. The lowest BCUT2D eigenvalue weighted by atomic mass is 10.1. The summed E-state index contributed by atoms with van der Waals surface area (Å²) in [5.41, 5.74) is 6.26. The van der Waals surface area contributed by atoms with Crippen LogP contribution in [0.3, 0.4) is 0 Å². The number of halogens is 5. The number of alkyl halides is 2. The number of aromatic nitrogens is 2. The average Bonchev–Trinajstić information content (AvgIpc) is 3.35. The van der Waals surface area contributed by atoms with E-state index in [1.807, 2.05) is 0 Å². The fourth-order valence-electron chi connectivity index (χ4n) is 3.37. The van der Waals surface area contributed by atoms with Gasteiger partial charge in [-0.25, -0.2) is 9.97 Å². The first-order valence-electron chi connectivity index (χ1n) is 9.43. The molecule has 0 spiro atoms. The summed E-state index contributed by atoms with van der Waals surface area (Å²) >= 11 is 31.1. The summed E-state index contributed by atoms with van der Waals surface area (Å²) in [5, 5.41) is 3.75. The van der Waals surface area contributed by atoms with Gasteiger partial charge in [0, 0.05) is 33.9 Å². The van der Waals surface area contributed by atoms with Crippen LogP contribution in [0, 0.1) is 5.92 Å². The zero-order chi connectivity index (χ0) is 23.8. The van der Waals surface area contributed by atoms with Crippen LogP contribution in [0.25, 0.3) is 0 Å². The van der Waals surface area contributed by atoms with Crippen LogP contribution in [-0.4, -0.2) is 26.1 Å². The number of nitrogens with zero attached hydrogens (tertiary/aromatic N) is 2. The van der Waals surface area contributed by atoms with E-state index >= 15 is 0 Å². The van der Waals surface area contributed by atoms with Gasteiger partial charge in [0.1, 0.15) is 16.5 Å². The summed E-state index contributed by atoms with van der Waals surface area (Å²) in [5.74, 6) is -1.81. The topological polar surface area (TPSA) is 96.0 Å². The van der Waals surface area contributed by atoms with Gasteiger partial charge in [0.25, 0.3) is 5.91 Å². The van der Waals surface area contributed by atoms with Crippen molar-refractivity contribution in [3.05, 3.63) is 81.2 Å². The molecule has 2 amide bonds. The standard InChI is InChI=1S/C21H14Cl5N5O2/c22-11-5-10(6-12(23)7-11)17-18(21(17,25)26)20(33)29-13-1-2-15(24)14(8-13)19(32)31-30-16-3-4-27-9-28-16/h1-9,17-18H,(H,29,33)(H,31,32)(H,27,28,30)/t17-,18+/m0/s1. The molecule has 0 saturated heterocycles. The van der Waals surface area contributed by atoms with Crippen molar-refractivity contribution in [3.8, 4) is 0 Å². The molecule has 2 atom stereocenters. The molecule has 1 aliphatic carbocycles. The van der Waals surface area contributed by atoms with Crippen molar-refractivity contribution in [1.82, 2.24) is 15.4 Å². The van der Waals surface area contributed by atoms with Crippen LogP contribution in [0.15, 0.2) is 55.0 Å². The lowest BCUT2D eigenvalue weighted by molar-refractivity contribution is -0.117. The van der Waals surface area contributed by atoms with Gasteiger partial charge in [-0.15, -0.1) is 23.2 Å². The van der Waals surface area contributed by atoms with Crippen LogP contribution < -0.4 is 16.2 Å². The highest BCUT2D eigenvalue weighted by Gasteiger charge is 2.67. The lowest BCUT2D eigenvalue weighted by Gasteiger charge is -2.11. The number of amides is 2. The Bertz CT molecular complexity index is 1200. The largest absolute Gasteiger partial charge is 0.326 e. The van der Waals surface area contributed by atoms with Crippen LogP contribution in [0.4, 0.5) is 11.5 Å². The maximum absolute atomic E-state index is 12.9. The molecule has 33 heavy (non-hydrogen) atoms. The second-order valence-electron chi connectivity index (χ2n) is 7.19. The van der Waals surface area contributed by atoms with E-state index in [9.17, 15) is 9.59 Å². The molecule has 1 heterocycles. The van der Waals surface area contributed by atoms with E-state index in [0.29, 0.717) is 27.1 Å². The molecule has 0 radical (unpaired) electrons. The Kier molecular flexibility index (Phi) is 6.88. The molecule has 3 N–H and O–H groups in total. The maximum Gasteiger partial charge on any atom is 0.271 e. The van der Waals surface area contributed by atoms with Crippen molar-refractivity contribution in [1.29, 1.82) is 0 Å². The molecular weight excluding hydrogens is 532 g/mol. The number of hydrogen-bond donors (Lipinski definition) is 3. The van der Waals surface area contributed by atoms with E-state index in [2.05, 4.69) is 26.1 Å². The number of benzene rings is 2. The van der Waals surface area contributed by atoms with E-state index < -0.39 is 28.0 Å². The van der Waals surface area contributed by atoms with Crippen LogP contribution in [0.2, 0.25) is 15.1 Å². The lowest BCUT2D eigenvalue weighted by Crippen LogP contribution is -2.30. The predicted octanol–water partition coefficient (Wildman–Crippen LogP) is 5.72. The number of nitrogens with one attached hydrogen (secondary N) is 3. The van der Waals surface area contributed by atoms with Crippen molar-refractivity contribution in [3.63, 3.8) is 0 Å². The number of anilines is 2. The van der Waals surface area contributed by atoms with Crippen molar-refractivity contribution in [2.45, 2.75) is 10.3 Å². The molecule has 7 nitrogen and oxygen atoms in total.